The van der Waals surface area contributed by atoms with Gasteiger partial charge in [-0.25, -0.2) is 13.2 Å². The number of benzene rings is 3. The quantitative estimate of drug-likeness (QED) is 0.334. The Labute approximate surface area is 140 Å². The molecule has 0 saturated carbocycles. The highest BCUT2D eigenvalue weighted by Crippen LogP contribution is 2.30. The van der Waals surface area contributed by atoms with Crippen molar-refractivity contribution in [2.45, 2.75) is 20.0 Å². The van der Waals surface area contributed by atoms with Crippen molar-refractivity contribution in [1.82, 2.24) is 0 Å². The van der Waals surface area contributed by atoms with E-state index in [1.165, 1.54) is 0 Å². The van der Waals surface area contributed by atoms with Crippen molar-refractivity contribution in [3.8, 4) is 5.75 Å². The van der Waals surface area contributed by atoms with E-state index in [2.05, 4.69) is 0 Å². The summed E-state index contributed by atoms with van der Waals surface area (Å²) in [6.45, 7) is 1.71. The average Bonchev–Trinajstić information content (AvgIpc) is 2.64. The molecule has 3 aromatic rings. The van der Waals surface area contributed by atoms with Crippen LogP contribution in [0.25, 0.3) is 10.8 Å². The molecule has 25 heavy (non-hydrogen) atoms. The first-order valence-electron chi connectivity index (χ1n) is 7.58. The summed E-state index contributed by atoms with van der Waals surface area (Å²) in [5.41, 5.74) is 1.71. The molecule has 0 spiro atoms. The maximum atomic E-state index is 13.6. The summed E-state index contributed by atoms with van der Waals surface area (Å²) >= 11 is 0. The van der Waals surface area contributed by atoms with E-state index in [1.807, 2.05) is 31.2 Å². The van der Waals surface area contributed by atoms with Gasteiger partial charge in [-0.05, 0) is 34.4 Å². The number of aryl methyl sites for hydroxylation is 1. The molecule has 0 bridgehead atoms. The fourth-order valence-electron chi connectivity index (χ4n) is 2.52. The van der Waals surface area contributed by atoms with Crippen molar-refractivity contribution >= 4 is 10.8 Å². The molecular formula is C19H13F5O. The highest BCUT2D eigenvalue weighted by atomic mass is 19.2. The third-order valence-electron chi connectivity index (χ3n) is 3.93. The maximum absolute atomic E-state index is 13.6. The summed E-state index contributed by atoms with van der Waals surface area (Å²) in [6, 6.07) is 11.1. The van der Waals surface area contributed by atoms with Crippen molar-refractivity contribution in [3.05, 3.63) is 76.6 Å². The van der Waals surface area contributed by atoms with Crippen LogP contribution in [0.2, 0.25) is 0 Å². The monoisotopic (exact) mass is 352 g/mol. The lowest BCUT2D eigenvalue weighted by Gasteiger charge is -2.11. The summed E-state index contributed by atoms with van der Waals surface area (Å²) in [4.78, 5) is 0. The zero-order chi connectivity index (χ0) is 18.1. The molecule has 0 radical (unpaired) electrons. The van der Waals surface area contributed by atoms with Gasteiger partial charge in [0.25, 0.3) is 0 Å². The van der Waals surface area contributed by atoms with Crippen molar-refractivity contribution in [2.24, 2.45) is 0 Å². The average molecular weight is 352 g/mol. The number of ether oxygens (including phenoxy) is 1. The van der Waals surface area contributed by atoms with Gasteiger partial charge in [0.05, 0.1) is 0 Å². The van der Waals surface area contributed by atoms with E-state index >= 15 is 0 Å². The molecule has 0 fully saturated rings. The van der Waals surface area contributed by atoms with Crippen LogP contribution in [0, 0.1) is 29.1 Å². The van der Waals surface area contributed by atoms with Gasteiger partial charge in [-0.3, -0.25) is 0 Å². The molecule has 0 atom stereocenters. The summed E-state index contributed by atoms with van der Waals surface area (Å²) in [7, 11) is 0. The van der Waals surface area contributed by atoms with Crippen LogP contribution in [-0.4, -0.2) is 0 Å². The Morgan fingerprint density at radius 1 is 0.680 bits per heavy atom. The molecule has 0 saturated heterocycles. The Hall–Kier alpha value is -2.63. The third-order valence-corrected chi connectivity index (χ3v) is 3.93. The van der Waals surface area contributed by atoms with Crippen LogP contribution in [0.3, 0.4) is 0 Å². The Balaban J connectivity index is 1.88. The minimum Gasteiger partial charge on any atom is -0.483 e. The van der Waals surface area contributed by atoms with E-state index in [9.17, 15) is 22.0 Å². The predicted octanol–water partition coefficient (Wildman–Crippen LogP) is 5.68. The van der Waals surface area contributed by atoms with Crippen molar-refractivity contribution in [1.29, 1.82) is 0 Å². The van der Waals surface area contributed by atoms with Crippen LogP contribution >= 0.6 is 0 Å². The van der Waals surface area contributed by atoms with Gasteiger partial charge in [0.15, 0.2) is 5.75 Å². The van der Waals surface area contributed by atoms with E-state index in [0.29, 0.717) is 5.56 Å². The summed E-state index contributed by atoms with van der Waals surface area (Å²) < 4.78 is 71.4. The molecule has 0 aliphatic carbocycles. The molecule has 0 unspecified atom stereocenters. The van der Waals surface area contributed by atoms with Gasteiger partial charge in [-0.2, -0.15) is 8.78 Å². The molecule has 130 valence electrons. The number of hydrogen-bond acceptors (Lipinski definition) is 1. The third kappa shape index (κ3) is 3.16. The van der Waals surface area contributed by atoms with E-state index in [4.69, 9.17) is 4.74 Å². The lowest BCUT2D eigenvalue weighted by molar-refractivity contribution is 0.253. The molecule has 0 aliphatic rings. The second kappa shape index (κ2) is 6.70. The first kappa shape index (κ1) is 17.2. The van der Waals surface area contributed by atoms with E-state index < -0.39 is 34.8 Å². The van der Waals surface area contributed by atoms with Crippen LogP contribution in [0.15, 0.2) is 36.4 Å². The Morgan fingerprint density at radius 3 is 1.72 bits per heavy atom. The van der Waals surface area contributed by atoms with E-state index in [-0.39, 0.29) is 6.61 Å². The molecule has 0 amide bonds. The zero-order valence-electron chi connectivity index (χ0n) is 13.2. The Morgan fingerprint density at radius 2 is 1.16 bits per heavy atom. The van der Waals surface area contributed by atoms with Crippen LogP contribution in [0.5, 0.6) is 5.75 Å². The van der Waals surface area contributed by atoms with Gasteiger partial charge in [0, 0.05) is 0 Å². The summed E-state index contributed by atoms with van der Waals surface area (Å²) in [5.74, 6) is -11.5. The van der Waals surface area contributed by atoms with Gasteiger partial charge in [0.2, 0.25) is 29.1 Å². The smallest absolute Gasteiger partial charge is 0.207 e. The van der Waals surface area contributed by atoms with Gasteiger partial charge >= 0.3 is 0 Å². The van der Waals surface area contributed by atoms with Crippen molar-refractivity contribution < 1.29 is 26.7 Å². The minimum absolute atomic E-state index is 0.330. The fraction of sp³-hybridized carbons (Fsp3) is 0.158. The zero-order valence-corrected chi connectivity index (χ0v) is 13.2. The second-order valence-electron chi connectivity index (χ2n) is 5.56. The lowest BCUT2D eigenvalue weighted by atomic mass is 10.0. The highest BCUT2D eigenvalue weighted by Gasteiger charge is 2.27. The van der Waals surface area contributed by atoms with Gasteiger partial charge in [-0.15, -0.1) is 0 Å². The van der Waals surface area contributed by atoms with Gasteiger partial charge < -0.3 is 4.74 Å². The first-order valence-corrected chi connectivity index (χ1v) is 7.58. The molecule has 3 rings (SSSR count). The van der Waals surface area contributed by atoms with Crippen molar-refractivity contribution in [3.63, 3.8) is 0 Å². The van der Waals surface area contributed by atoms with Gasteiger partial charge in [-0.1, -0.05) is 37.3 Å². The fourth-order valence-corrected chi connectivity index (χ4v) is 2.52. The summed E-state index contributed by atoms with van der Waals surface area (Å²) in [6.07, 6.45) is 0.890. The predicted molar refractivity (Wildman–Crippen MR) is 83.9 cm³/mol. The minimum atomic E-state index is -2.21. The van der Waals surface area contributed by atoms with Crippen LogP contribution < -0.4 is 4.74 Å². The van der Waals surface area contributed by atoms with Crippen LogP contribution in [0.1, 0.15) is 18.1 Å². The first-order chi connectivity index (χ1) is 11.9. The molecule has 3 aromatic carbocycles. The largest absolute Gasteiger partial charge is 0.483 e. The molecule has 6 heteroatoms. The lowest BCUT2D eigenvalue weighted by Crippen LogP contribution is -2.07. The molecule has 0 heterocycles. The number of hydrogen-bond donors (Lipinski definition) is 0. The maximum Gasteiger partial charge on any atom is 0.207 e. The van der Waals surface area contributed by atoms with Gasteiger partial charge in [0.1, 0.15) is 6.61 Å². The van der Waals surface area contributed by atoms with E-state index in [0.717, 1.165) is 22.8 Å². The standard InChI is InChI=1S/C19H13F5O/c1-2-10-3-5-13-8-11(4-6-12(13)7-10)9-25-19-17(23)15(21)14(20)16(22)18(19)24/h3-8H,2,9H2,1H3. The molecule has 0 aromatic heterocycles. The Bertz CT molecular complexity index is 923. The van der Waals surface area contributed by atoms with Crippen LogP contribution in [0.4, 0.5) is 22.0 Å². The number of halogens is 5. The topological polar surface area (TPSA) is 9.23 Å². The summed E-state index contributed by atoms with van der Waals surface area (Å²) in [5, 5.41) is 1.87. The van der Waals surface area contributed by atoms with E-state index in [1.54, 1.807) is 12.1 Å². The molecule has 0 aliphatic heterocycles. The Kier molecular flexibility index (Phi) is 4.61. The van der Waals surface area contributed by atoms with Crippen LogP contribution in [-0.2, 0) is 13.0 Å². The number of rotatable bonds is 4. The number of fused-ring (bicyclic) bond motifs is 1. The SMILES string of the molecule is CCc1ccc2cc(COc3c(F)c(F)c(F)c(F)c3F)ccc2c1. The molecule has 0 N–H and O–H groups in total. The molecule has 1 nitrogen and oxygen atoms in total. The van der Waals surface area contributed by atoms with Crippen molar-refractivity contribution in [2.75, 3.05) is 0 Å². The highest BCUT2D eigenvalue weighted by molar-refractivity contribution is 5.83. The normalized spacial score (nSPS) is 11.1. The molecular weight excluding hydrogens is 339 g/mol. The second-order valence-corrected chi connectivity index (χ2v) is 5.56.